The quantitative estimate of drug-likeness (QED) is 0.773. The third-order valence-electron chi connectivity index (χ3n) is 2.61. The molecule has 0 radical (unpaired) electrons. The number of amides is 2. The Bertz CT molecular complexity index is 685. The summed E-state index contributed by atoms with van der Waals surface area (Å²) in [5.41, 5.74) is 0.449. The van der Waals surface area contributed by atoms with Gasteiger partial charge in [0, 0.05) is 17.2 Å². The summed E-state index contributed by atoms with van der Waals surface area (Å²) >= 11 is 3.19. The van der Waals surface area contributed by atoms with Crippen molar-refractivity contribution in [3.63, 3.8) is 0 Å². The van der Waals surface area contributed by atoms with Gasteiger partial charge in [0.05, 0.1) is 12.1 Å². The highest BCUT2D eigenvalue weighted by Gasteiger charge is 2.09. The van der Waals surface area contributed by atoms with Crippen molar-refractivity contribution in [3.05, 3.63) is 40.4 Å². The molecule has 8 nitrogen and oxygen atoms in total. The Hall–Kier alpha value is -2.42. The first-order valence-corrected chi connectivity index (χ1v) is 6.66. The summed E-state index contributed by atoms with van der Waals surface area (Å²) in [7, 11) is 1.77. The fraction of sp³-hybridized carbons (Fsp3) is 0.167. The van der Waals surface area contributed by atoms with Crippen LogP contribution >= 0.6 is 15.9 Å². The number of carboxylic acids is 1. The van der Waals surface area contributed by atoms with Gasteiger partial charge in [0.2, 0.25) is 0 Å². The van der Waals surface area contributed by atoms with E-state index in [9.17, 15) is 9.59 Å². The van der Waals surface area contributed by atoms with Crippen molar-refractivity contribution in [3.8, 4) is 0 Å². The number of aromatic carboxylic acids is 1. The van der Waals surface area contributed by atoms with Crippen molar-refractivity contribution < 1.29 is 14.7 Å². The standard InChI is InChI=1S/C12H12BrN5O3/c1-18-6-15-17-10(18)5-14-12(21)16-9-3-7(11(19)20)2-8(13)4-9/h2-4,6H,5H2,1H3,(H,19,20)(H2,14,16,21). The molecule has 3 N–H and O–H groups in total. The fourth-order valence-corrected chi connectivity index (χ4v) is 2.08. The molecule has 2 amide bonds. The van der Waals surface area contributed by atoms with E-state index in [0.717, 1.165) is 0 Å². The average molecular weight is 354 g/mol. The Labute approximate surface area is 128 Å². The molecule has 0 unspecified atom stereocenters. The van der Waals surface area contributed by atoms with Gasteiger partial charge in [-0.2, -0.15) is 0 Å². The summed E-state index contributed by atoms with van der Waals surface area (Å²) in [6.07, 6.45) is 1.53. The SMILES string of the molecule is Cn1cnnc1CNC(=O)Nc1cc(Br)cc(C(=O)O)c1. The fourth-order valence-electron chi connectivity index (χ4n) is 1.59. The summed E-state index contributed by atoms with van der Waals surface area (Å²) in [6.45, 7) is 0.210. The van der Waals surface area contributed by atoms with Gasteiger partial charge in [-0.3, -0.25) is 0 Å². The lowest BCUT2D eigenvalue weighted by Gasteiger charge is -2.08. The van der Waals surface area contributed by atoms with Gasteiger partial charge in [-0.1, -0.05) is 15.9 Å². The van der Waals surface area contributed by atoms with E-state index in [1.54, 1.807) is 17.7 Å². The van der Waals surface area contributed by atoms with Gasteiger partial charge in [0.15, 0.2) is 5.82 Å². The summed E-state index contributed by atoms with van der Waals surface area (Å²) < 4.78 is 2.24. The number of aryl methyl sites for hydroxylation is 1. The van der Waals surface area contributed by atoms with E-state index in [4.69, 9.17) is 5.11 Å². The molecule has 0 fully saturated rings. The van der Waals surface area contributed by atoms with Crippen LogP contribution in [0, 0.1) is 0 Å². The monoisotopic (exact) mass is 353 g/mol. The van der Waals surface area contributed by atoms with E-state index in [-0.39, 0.29) is 12.1 Å². The first-order chi connectivity index (χ1) is 9.95. The van der Waals surface area contributed by atoms with Gasteiger partial charge in [-0.05, 0) is 18.2 Å². The molecule has 110 valence electrons. The third-order valence-corrected chi connectivity index (χ3v) is 3.07. The number of aromatic nitrogens is 3. The van der Waals surface area contributed by atoms with Crippen LogP contribution in [0.1, 0.15) is 16.2 Å². The molecular weight excluding hydrogens is 342 g/mol. The lowest BCUT2D eigenvalue weighted by molar-refractivity contribution is 0.0697. The van der Waals surface area contributed by atoms with Gasteiger partial charge >= 0.3 is 12.0 Å². The third kappa shape index (κ3) is 4.02. The largest absolute Gasteiger partial charge is 0.478 e. The molecule has 1 heterocycles. The first kappa shape index (κ1) is 15.0. The smallest absolute Gasteiger partial charge is 0.335 e. The van der Waals surface area contributed by atoms with Crippen molar-refractivity contribution in [2.75, 3.05) is 5.32 Å². The van der Waals surface area contributed by atoms with Crippen LogP contribution in [0.4, 0.5) is 10.5 Å². The van der Waals surface area contributed by atoms with Crippen LogP contribution in [-0.2, 0) is 13.6 Å². The van der Waals surface area contributed by atoms with Crippen LogP contribution in [0.25, 0.3) is 0 Å². The molecule has 21 heavy (non-hydrogen) atoms. The minimum absolute atomic E-state index is 0.0768. The lowest BCUT2D eigenvalue weighted by atomic mass is 10.2. The molecule has 2 rings (SSSR count). The predicted molar refractivity (Wildman–Crippen MR) is 78.0 cm³/mol. The van der Waals surface area contributed by atoms with Crippen molar-refractivity contribution in [2.24, 2.45) is 7.05 Å². The molecule has 0 atom stereocenters. The molecular formula is C12H12BrN5O3. The second-order valence-electron chi connectivity index (χ2n) is 4.20. The van der Waals surface area contributed by atoms with Crippen LogP contribution in [0.3, 0.4) is 0 Å². The van der Waals surface area contributed by atoms with Crippen LogP contribution in [0.2, 0.25) is 0 Å². The number of hydrogen-bond acceptors (Lipinski definition) is 4. The summed E-state index contributed by atoms with van der Waals surface area (Å²) in [5.74, 6) is -0.468. The molecule has 0 aliphatic rings. The summed E-state index contributed by atoms with van der Waals surface area (Å²) in [6, 6.07) is 3.96. The second kappa shape index (κ2) is 6.35. The summed E-state index contributed by atoms with van der Waals surface area (Å²) in [5, 5.41) is 21.7. The number of carbonyl (C=O) groups excluding carboxylic acids is 1. The van der Waals surface area contributed by atoms with Crippen molar-refractivity contribution in [1.82, 2.24) is 20.1 Å². The number of halogens is 1. The number of carboxylic acid groups (broad SMARTS) is 1. The highest BCUT2D eigenvalue weighted by Crippen LogP contribution is 2.19. The molecule has 0 spiro atoms. The molecule has 9 heteroatoms. The maximum absolute atomic E-state index is 11.8. The van der Waals surface area contributed by atoms with Gasteiger partial charge in [-0.15, -0.1) is 10.2 Å². The van der Waals surface area contributed by atoms with Crippen molar-refractivity contribution in [1.29, 1.82) is 0 Å². The van der Waals surface area contributed by atoms with E-state index in [1.807, 2.05) is 0 Å². The number of nitrogens with zero attached hydrogens (tertiary/aromatic N) is 3. The second-order valence-corrected chi connectivity index (χ2v) is 5.12. The Kier molecular flexibility index (Phi) is 4.53. The van der Waals surface area contributed by atoms with Crippen LogP contribution in [0.5, 0.6) is 0 Å². The van der Waals surface area contributed by atoms with Gasteiger partial charge in [0.1, 0.15) is 6.33 Å². The number of urea groups is 1. The molecule has 2 aromatic rings. The Balaban J connectivity index is 1.99. The molecule has 0 saturated carbocycles. The van der Waals surface area contributed by atoms with E-state index in [2.05, 4.69) is 36.8 Å². The van der Waals surface area contributed by atoms with Gasteiger partial charge in [0.25, 0.3) is 0 Å². The zero-order valence-electron chi connectivity index (χ0n) is 11.0. The van der Waals surface area contributed by atoms with Crippen LogP contribution < -0.4 is 10.6 Å². The normalized spacial score (nSPS) is 10.2. The lowest BCUT2D eigenvalue weighted by Crippen LogP contribution is -2.29. The number of rotatable bonds is 4. The van der Waals surface area contributed by atoms with E-state index in [0.29, 0.717) is 16.0 Å². The number of anilines is 1. The van der Waals surface area contributed by atoms with E-state index in [1.165, 1.54) is 18.5 Å². The molecule has 0 aliphatic carbocycles. The summed E-state index contributed by atoms with van der Waals surface area (Å²) in [4.78, 5) is 22.7. The van der Waals surface area contributed by atoms with Crippen LogP contribution in [0.15, 0.2) is 29.0 Å². The molecule has 1 aromatic carbocycles. The number of carbonyl (C=O) groups is 2. The minimum atomic E-state index is -1.07. The number of benzene rings is 1. The van der Waals surface area contributed by atoms with E-state index >= 15 is 0 Å². The predicted octanol–water partition coefficient (Wildman–Crippen LogP) is 1.60. The van der Waals surface area contributed by atoms with Crippen LogP contribution in [-0.4, -0.2) is 31.9 Å². The van der Waals surface area contributed by atoms with Crippen molar-refractivity contribution >= 4 is 33.6 Å². The maximum Gasteiger partial charge on any atom is 0.335 e. The molecule has 1 aromatic heterocycles. The Morgan fingerprint density at radius 1 is 1.38 bits per heavy atom. The molecule has 0 saturated heterocycles. The Morgan fingerprint density at radius 3 is 2.76 bits per heavy atom. The van der Waals surface area contributed by atoms with Gasteiger partial charge in [-0.25, -0.2) is 9.59 Å². The van der Waals surface area contributed by atoms with Crippen molar-refractivity contribution in [2.45, 2.75) is 6.54 Å². The topological polar surface area (TPSA) is 109 Å². The molecule has 0 bridgehead atoms. The highest BCUT2D eigenvalue weighted by molar-refractivity contribution is 9.10. The first-order valence-electron chi connectivity index (χ1n) is 5.87. The highest BCUT2D eigenvalue weighted by atomic mass is 79.9. The van der Waals surface area contributed by atoms with E-state index < -0.39 is 12.0 Å². The Morgan fingerprint density at radius 2 is 2.14 bits per heavy atom. The minimum Gasteiger partial charge on any atom is -0.478 e. The number of hydrogen-bond donors (Lipinski definition) is 3. The average Bonchev–Trinajstić information content (AvgIpc) is 2.81. The number of nitrogens with one attached hydrogen (secondary N) is 2. The zero-order chi connectivity index (χ0) is 15.4. The maximum atomic E-state index is 11.8. The van der Waals surface area contributed by atoms with Gasteiger partial charge < -0.3 is 20.3 Å². The molecule has 0 aliphatic heterocycles. The zero-order valence-corrected chi connectivity index (χ0v) is 12.6.